The molecular weight excluding hydrogens is 350 g/mol. The summed E-state index contributed by atoms with van der Waals surface area (Å²) in [5.41, 5.74) is 1.71. The summed E-state index contributed by atoms with van der Waals surface area (Å²) in [6.45, 7) is 4.69. The van der Waals surface area contributed by atoms with E-state index in [0.717, 1.165) is 28.3 Å². The predicted molar refractivity (Wildman–Crippen MR) is 99.7 cm³/mol. The number of hydrogen-bond acceptors (Lipinski definition) is 3. The Bertz CT molecular complexity index is 517. The van der Waals surface area contributed by atoms with Crippen molar-refractivity contribution in [3.05, 3.63) is 16.5 Å². The first-order chi connectivity index (χ1) is 11.1. The lowest BCUT2D eigenvalue weighted by Gasteiger charge is -2.44. The van der Waals surface area contributed by atoms with Crippen LogP contribution in [0.25, 0.3) is 0 Å². The Hall–Kier alpha value is -0.640. The number of nitrogens with one attached hydrogen (secondary N) is 1. The first-order valence-electron chi connectivity index (χ1n) is 9.38. The summed E-state index contributed by atoms with van der Waals surface area (Å²) >= 11 is 3.66. The second kappa shape index (κ2) is 7.50. The standard InChI is InChI=1S/C19H30BrN3/c1-3-16-17(20)18(22-13-21-16)23-15-9-7-14(8-10-15)19(2)11-5-4-6-12-19/h13-15H,3-12H2,1-2H3,(H,21,22,23). The first kappa shape index (κ1) is 17.2. The quantitative estimate of drug-likeness (QED) is 0.724. The van der Waals surface area contributed by atoms with Gasteiger partial charge in [-0.25, -0.2) is 9.97 Å². The van der Waals surface area contributed by atoms with Crippen molar-refractivity contribution in [3.63, 3.8) is 0 Å². The molecule has 2 aliphatic rings. The van der Waals surface area contributed by atoms with E-state index in [-0.39, 0.29) is 0 Å². The fourth-order valence-electron chi connectivity index (χ4n) is 4.65. The van der Waals surface area contributed by atoms with Crippen molar-refractivity contribution in [2.75, 3.05) is 5.32 Å². The van der Waals surface area contributed by atoms with Crippen LogP contribution in [-0.4, -0.2) is 16.0 Å². The van der Waals surface area contributed by atoms with Gasteiger partial charge in [0.05, 0.1) is 10.2 Å². The Labute approximate surface area is 149 Å². The van der Waals surface area contributed by atoms with Gasteiger partial charge in [-0.15, -0.1) is 0 Å². The summed E-state index contributed by atoms with van der Waals surface area (Å²) in [7, 11) is 0. The first-order valence-corrected chi connectivity index (χ1v) is 10.2. The van der Waals surface area contributed by atoms with Crippen molar-refractivity contribution in [3.8, 4) is 0 Å². The molecule has 4 heteroatoms. The summed E-state index contributed by atoms with van der Waals surface area (Å²) in [6.07, 6.45) is 15.2. The largest absolute Gasteiger partial charge is 0.366 e. The topological polar surface area (TPSA) is 37.8 Å². The molecule has 0 radical (unpaired) electrons. The normalized spacial score (nSPS) is 27.6. The van der Waals surface area contributed by atoms with Gasteiger partial charge in [0.15, 0.2) is 0 Å². The average Bonchev–Trinajstić information content (AvgIpc) is 2.58. The van der Waals surface area contributed by atoms with E-state index in [0.29, 0.717) is 11.5 Å². The van der Waals surface area contributed by atoms with E-state index in [1.54, 1.807) is 6.33 Å². The second-order valence-electron chi connectivity index (χ2n) is 7.74. The molecule has 0 atom stereocenters. The van der Waals surface area contributed by atoms with Crippen molar-refractivity contribution in [2.45, 2.75) is 84.1 Å². The minimum absolute atomic E-state index is 0.564. The van der Waals surface area contributed by atoms with Gasteiger partial charge in [0, 0.05) is 6.04 Å². The molecule has 128 valence electrons. The Morgan fingerprint density at radius 3 is 2.48 bits per heavy atom. The van der Waals surface area contributed by atoms with Crippen molar-refractivity contribution < 1.29 is 0 Å². The molecule has 0 unspecified atom stereocenters. The van der Waals surface area contributed by atoms with E-state index in [1.807, 2.05) is 0 Å². The summed E-state index contributed by atoms with van der Waals surface area (Å²) < 4.78 is 1.05. The molecule has 0 bridgehead atoms. The lowest BCUT2D eigenvalue weighted by molar-refractivity contribution is 0.0848. The van der Waals surface area contributed by atoms with Crippen LogP contribution in [0.4, 0.5) is 5.82 Å². The van der Waals surface area contributed by atoms with Gasteiger partial charge in [-0.1, -0.05) is 33.1 Å². The molecule has 3 nitrogen and oxygen atoms in total. The summed E-state index contributed by atoms with van der Waals surface area (Å²) in [6, 6.07) is 0.564. The van der Waals surface area contributed by atoms with Crippen LogP contribution in [-0.2, 0) is 6.42 Å². The Kier molecular flexibility index (Phi) is 5.61. The third-order valence-electron chi connectivity index (χ3n) is 6.25. The molecule has 1 aromatic rings. The molecule has 0 spiro atoms. The maximum Gasteiger partial charge on any atom is 0.144 e. The van der Waals surface area contributed by atoms with E-state index >= 15 is 0 Å². The van der Waals surface area contributed by atoms with Crippen LogP contribution in [0.15, 0.2) is 10.8 Å². The zero-order valence-corrected chi connectivity index (χ0v) is 16.2. The monoisotopic (exact) mass is 379 g/mol. The second-order valence-corrected chi connectivity index (χ2v) is 8.54. The smallest absolute Gasteiger partial charge is 0.144 e. The molecule has 1 N–H and O–H groups in total. The van der Waals surface area contributed by atoms with Crippen molar-refractivity contribution in [1.29, 1.82) is 0 Å². The van der Waals surface area contributed by atoms with Crippen LogP contribution in [0.2, 0.25) is 0 Å². The molecular formula is C19H30BrN3. The Morgan fingerprint density at radius 2 is 1.83 bits per heavy atom. The molecule has 2 fully saturated rings. The SMILES string of the molecule is CCc1ncnc(NC2CCC(C3(C)CCCCC3)CC2)c1Br. The third kappa shape index (κ3) is 3.89. The molecule has 0 aliphatic heterocycles. The molecule has 3 rings (SSSR count). The fraction of sp³-hybridized carbons (Fsp3) is 0.789. The number of anilines is 1. The van der Waals surface area contributed by atoms with Gasteiger partial charge in [-0.3, -0.25) is 0 Å². The van der Waals surface area contributed by atoms with E-state index in [2.05, 4.69) is 45.1 Å². The average molecular weight is 380 g/mol. The van der Waals surface area contributed by atoms with Gasteiger partial charge in [-0.2, -0.15) is 0 Å². The number of rotatable bonds is 4. The highest BCUT2D eigenvalue weighted by atomic mass is 79.9. The lowest BCUT2D eigenvalue weighted by Crippen LogP contribution is -2.36. The van der Waals surface area contributed by atoms with E-state index in [9.17, 15) is 0 Å². The number of aryl methyl sites for hydroxylation is 1. The van der Waals surface area contributed by atoms with Crippen molar-refractivity contribution >= 4 is 21.7 Å². The van der Waals surface area contributed by atoms with Crippen LogP contribution in [0, 0.1) is 11.3 Å². The van der Waals surface area contributed by atoms with E-state index < -0.39 is 0 Å². The molecule has 0 amide bonds. The molecule has 1 aromatic heterocycles. The van der Waals surface area contributed by atoms with Crippen LogP contribution in [0.5, 0.6) is 0 Å². The van der Waals surface area contributed by atoms with Crippen LogP contribution in [0.1, 0.15) is 77.3 Å². The molecule has 23 heavy (non-hydrogen) atoms. The summed E-state index contributed by atoms with van der Waals surface area (Å²) in [5, 5.41) is 3.66. The van der Waals surface area contributed by atoms with Gasteiger partial charge < -0.3 is 5.32 Å². The maximum atomic E-state index is 4.43. The fourth-order valence-corrected chi connectivity index (χ4v) is 5.25. The van der Waals surface area contributed by atoms with E-state index in [1.165, 1.54) is 57.8 Å². The van der Waals surface area contributed by atoms with Crippen molar-refractivity contribution in [1.82, 2.24) is 9.97 Å². The molecule has 0 saturated heterocycles. The van der Waals surface area contributed by atoms with Gasteiger partial charge in [0.2, 0.25) is 0 Å². The highest BCUT2D eigenvalue weighted by Crippen LogP contribution is 2.48. The highest BCUT2D eigenvalue weighted by Gasteiger charge is 2.37. The lowest BCUT2D eigenvalue weighted by atomic mass is 9.62. The predicted octanol–water partition coefficient (Wildman–Crippen LogP) is 5.74. The number of aromatic nitrogens is 2. The molecule has 2 saturated carbocycles. The number of nitrogens with zero attached hydrogens (tertiary/aromatic N) is 2. The van der Waals surface area contributed by atoms with Crippen LogP contribution in [0.3, 0.4) is 0 Å². The summed E-state index contributed by atoms with van der Waals surface area (Å²) in [5.74, 6) is 1.91. The molecule has 2 aliphatic carbocycles. The highest BCUT2D eigenvalue weighted by molar-refractivity contribution is 9.10. The van der Waals surface area contributed by atoms with Gasteiger partial charge in [0.1, 0.15) is 12.1 Å². The minimum atomic E-state index is 0.564. The maximum absolute atomic E-state index is 4.43. The number of hydrogen-bond donors (Lipinski definition) is 1. The minimum Gasteiger partial charge on any atom is -0.366 e. The third-order valence-corrected chi connectivity index (χ3v) is 7.08. The van der Waals surface area contributed by atoms with Crippen LogP contribution >= 0.6 is 15.9 Å². The van der Waals surface area contributed by atoms with Crippen molar-refractivity contribution in [2.24, 2.45) is 11.3 Å². The summed E-state index contributed by atoms with van der Waals surface area (Å²) in [4.78, 5) is 8.77. The van der Waals surface area contributed by atoms with Crippen LogP contribution < -0.4 is 5.32 Å². The van der Waals surface area contributed by atoms with Gasteiger partial charge in [-0.05, 0) is 72.2 Å². The zero-order chi connectivity index (χ0) is 16.3. The Morgan fingerprint density at radius 1 is 1.13 bits per heavy atom. The zero-order valence-electron chi connectivity index (χ0n) is 14.6. The van der Waals surface area contributed by atoms with Gasteiger partial charge >= 0.3 is 0 Å². The molecule has 1 heterocycles. The molecule has 0 aromatic carbocycles. The van der Waals surface area contributed by atoms with Gasteiger partial charge in [0.25, 0.3) is 0 Å². The number of halogens is 1. The van der Waals surface area contributed by atoms with E-state index in [4.69, 9.17) is 0 Å². The Balaban J connectivity index is 1.57.